The van der Waals surface area contributed by atoms with Gasteiger partial charge in [-0.3, -0.25) is 9.78 Å². The van der Waals surface area contributed by atoms with Crippen LogP contribution in [-0.4, -0.2) is 50.9 Å². The van der Waals surface area contributed by atoms with Crippen LogP contribution < -0.4 is 5.32 Å². The molecule has 10 heteroatoms. The van der Waals surface area contributed by atoms with Crippen molar-refractivity contribution in [2.24, 2.45) is 0 Å². The molecule has 7 nitrogen and oxygen atoms in total. The van der Waals surface area contributed by atoms with E-state index in [1.807, 2.05) is 48.5 Å². The molecule has 1 aromatic heterocycles. The summed E-state index contributed by atoms with van der Waals surface area (Å²) in [4.78, 5) is 18.8. The van der Waals surface area contributed by atoms with Crippen molar-refractivity contribution in [2.45, 2.75) is 41.7 Å². The van der Waals surface area contributed by atoms with Crippen LogP contribution in [0.1, 0.15) is 41.2 Å². The van der Waals surface area contributed by atoms with E-state index in [0.717, 1.165) is 35.3 Å². The Morgan fingerprint density at radius 3 is 2.55 bits per heavy atom. The molecular weight excluding hydrogens is 549 g/mol. The van der Waals surface area contributed by atoms with E-state index in [1.54, 1.807) is 24.4 Å². The molecule has 0 radical (unpaired) electrons. The molecule has 2 heterocycles. The molecule has 2 N–H and O–H groups in total. The summed E-state index contributed by atoms with van der Waals surface area (Å²) in [5, 5.41) is 12.0. The summed E-state index contributed by atoms with van der Waals surface area (Å²) in [6, 6.07) is 20.8. The van der Waals surface area contributed by atoms with Gasteiger partial charge in [-0.2, -0.15) is 0 Å². The van der Waals surface area contributed by atoms with E-state index in [1.165, 1.54) is 0 Å². The van der Waals surface area contributed by atoms with Crippen LogP contribution in [0.4, 0.5) is 5.69 Å². The first-order chi connectivity index (χ1) is 18.2. The van der Waals surface area contributed by atoms with Crippen LogP contribution in [0.3, 0.4) is 0 Å². The fraction of sp³-hybridized carbons (Fsp3) is 0.357. The predicted octanol–water partition coefficient (Wildman–Crippen LogP) is 5.60. The minimum atomic E-state index is -2.08. The van der Waals surface area contributed by atoms with Crippen molar-refractivity contribution in [2.75, 3.05) is 25.5 Å². The van der Waals surface area contributed by atoms with Crippen LogP contribution in [0.25, 0.3) is 0 Å². The maximum Gasteiger partial charge on any atom is 0.276 e. The first-order valence-corrected chi connectivity index (χ1v) is 13.4. The van der Waals surface area contributed by atoms with Gasteiger partial charge < -0.3 is 24.8 Å². The largest absolute Gasteiger partial charge is 0.392 e. The maximum atomic E-state index is 12.2. The molecule has 1 aliphatic heterocycles. The molecule has 0 saturated carbocycles. The van der Waals surface area contributed by atoms with Gasteiger partial charge >= 0.3 is 0 Å². The Bertz CT molecular complexity index is 1190. The summed E-state index contributed by atoms with van der Waals surface area (Å²) in [5.74, 6) is -0.751. The number of rotatable bonds is 9. The number of nitrogens with one attached hydrogen (secondary N) is 1. The summed E-state index contributed by atoms with van der Waals surface area (Å²) in [5.41, 5.74) is 4.06. The number of pyridine rings is 1. The van der Waals surface area contributed by atoms with E-state index >= 15 is 0 Å². The second-order valence-corrected chi connectivity index (χ2v) is 11.5. The Labute approximate surface area is 237 Å². The van der Waals surface area contributed by atoms with Crippen molar-refractivity contribution >= 4 is 46.4 Å². The lowest BCUT2D eigenvalue weighted by molar-refractivity contribution is -0.252. The van der Waals surface area contributed by atoms with E-state index in [2.05, 4.69) is 22.2 Å². The van der Waals surface area contributed by atoms with Gasteiger partial charge in [0.15, 0.2) is 6.29 Å². The Morgan fingerprint density at radius 1 is 1.08 bits per heavy atom. The van der Waals surface area contributed by atoms with Crippen molar-refractivity contribution in [1.29, 1.82) is 0 Å². The number of carbonyl (C=O) groups excluding carboxylic acids is 1. The average Bonchev–Trinajstić information content (AvgIpc) is 2.92. The third kappa shape index (κ3) is 8.13. The lowest BCUT2D eigenvalue weighted by Crippen LogP contribution is -2.38. The van der Waals surface area contributed by atoms with Crippen LogP contribution in [0.5, 0.6) is 0 Å². The van der Waals surface area contributed by atoms with Crippen LogP contribution in [-0.2, 0) is 27.3 Å². The molecule has 3 atom stereocenters. The number of alkyl halides is 3. The number of likely N-dealkylation sites (N-methyl/N-ethyl adjacent to an activating group) is 1. The fourth-order valence-electron chi connectivity index (χ4n) is 4.29. The number of aromatic nitrogens is 1. The number of aliphatic hydroxyl groups is 1. The second kappa shape index (κ2) is 13.2. The van der Waals surface area contributed by atoms with Gasteiger partial charge in [-0.1, -0.05) is 77.3 Å². The molecule has 1 amide bonds. The highest BCUT2D eigenvalue weighted by Crippen LogP contribution is 2.39. The lowest BCUT2D eigenvalue weighted by atomic mass is 9.99. The summed E-state index contributed by atoms with van der Waals surface area (Å²) in [6.07, 6.45) is 2.27. The van der Waals surface area contributed by atoms with E-state index in [-0.39, 0.29) is 18.8 Å². The summed E-state index contributed by atoms with van der Waals surface area (Å²) in [7, 11) is 2.06. The molecule has 38 heavy (non-hydrogen) atoms. The molecule has 0 aliphatic carbocycles. The molecule has 2 aromatic carbocycles. The fourth-order valence-corrected chi connectivity index (χ4v) is 4.43. The van der Waals surface area contributed by atoms with Gasteiger partial charge in [0, 0.05) is 49.1 Å². The smallest absolute Gasteiger partial charge is 0.276 e. The minimum absolute atomic E-state index is 0.0199. The van der Waals surface area contributed by atoms with E-state index < -0.39 is 16.0 Å². The van der Waals surface area contributed by atoms with Crippen LogP contribution in [0.15, 0.2) is 72.9 Å². The van der Waals surface area contributed by atoms with E-state index in [9.17, 15) is 9.90 Å². The highest BCUT2D eigenvalue weighted by Gasteiger charge is 2.34. The van der Waals surface area contributed by atoms with Crippen molar-refractivity contribution < 1.29 is 19.4 Å². The molecular formula is C28H30Cl3N3O4. The van der Waals surface area contributed by atoms with Gasteiger partial charge in [0.1, 0.15) is 0 Å². The number of amides is 1. The number of hydrogen-bond donors (Lipinski definition) is 2. The molecule has 3 unspecified atom stereocenters. The number of benzene rings is 2. The third-order valence-electron chi connectivity index (χ3n) is 6.28. The van der Waals surface area contributed by atoms with E-state index in [4.69, 9.17) is 44.3 Å². The van der Waals surface area contributed by atoms with Gasteiger partial charge in [0.05, 0.1) is 18.8 Å². The first kappa shape index (κ1) is 28.8. The average molecular weight is 579 g/mol. The number of ether oxygens (including phenoxy) is 2. The molecule has 4 rings (SSSR count). The normalized spacial score (nSPS) is 19.9. The number of carbonyl (C=O) groups is 1. The SMILES string of the molecule is CN(CCc1ccccn1)CC1CC(c2ccc(CO)cc2)OC(c2cccc(NC(=O)C(Cl)(Cl)Cl)c2)O1. The number of nitrogens with zero attached hydrogens (tertiary/aromatic N) is 2. The lowest BCUT2D eigenvalue weighted by Gasteiger charge is -2.38. The van der Waals surface area contributed by atoms with E-state index in [0.29, 0.717) is 18.7 Å². The van der Waals surface area contributed by atoms with Gasteiger partial charge in [0.25, 0.3) is 9.70 Å². The zero-order chi connectivity index (χ0) is 27.1. The van der Waals surface area contributed by atoms with Gasteiger partial charge in [-0.05, 0) is 42.4 Å². The summed E-state index contributed by atoms with van der Waals surface area (Å²) in [6.45, 7) is 1.51. The Morgan fingerprint density at radius 2 is 1.87 bits per heavy atom. The van der Waals surface area contributed by atoms with Gasteiger partial charge in [0.2, 0.25) is 0 Å². The predicted molar refractivity (Wildman–Crippen MR) is 149 cm³/mol. The minimum Gasteiger partial charge on any atom is -0.392 e. The molecule has 1 aliphatic rings. The topological polar surface area (TPSA) is 83.9 Å². The van der Waals surface area contributed by atoms with Crippen LogP contribution >= 0.6 is 34.8 Å². The van der Waals surface area contributed by atoms with Crippen molar-refractivity contribution in [3.63, 3.8) is 0 Å². The standard InChI is InChI=1S/C28H30Cl3N3O4/c1-34(14-12-22-6-2-3-13-32-22)17-24-16-25(20-10-8-19(18-35)9-11-20)38-26(37-24)21-5-4-7-23(15-21)33-27(36)28(29,30)31/h2-11,13,15,24-26,35H,12,14,16-18H2,1H3,(H,33,36). The molecule has 1 saturated heterocycles. The molecule has 202 valence electrons. The summed E-state index contributed by atoms with van der Waals surface area (Å²) < 4.78 is 10.7. The third-order valence-corrected chi connectivity index (χ3v) is 6.80. The Kier molecular flexibility index (Phi) is 10.0. The second-order valence-electron chi connectivity index (χ2n) is 9.26. The van der Waals surface area contributed by atoms with Crippen molar-refractivity contribution in [1.82, 2.24) is 9.88 Å². The molecule has 0 bridgehead atoms. The number of anilines is 1. The van der Waals surface area contributed by atoms with Gasteiger partial charge in [-0.15, -0.1) is 0 Å². The van der Waals surface area contributed by atoms with Crippen LogP contribution in [0, 0.1) is 0 Å². The first-order valence-electron chi connectivity index (χ1n) is 12.3. The highest BCUT2D eigenvalue weighted by atomic mass is 35.6. The summed E-state index contributed by atoms with van der Waals surface area (Å²) >= 11 is 17.1. The van der Waals surface area contributed by atoms with Gasteiger partial charge in [-0.25, -0.2) is 0 Å². The zero-order valence-corrected chi connectivity index (χ0v) is 23.2. The maximum absolute atomic E-state index is 12.2. The monoisotopic (exact) mass is 577 g/mol. The number of halogens is 3. The molecule has 1 fully saturated rings. The quantitative estimate of drug-likeness (QED) is 0.322. The Balaban J connectivity index is 1.50. The van der Waals surface area contributed by atoms with Crippen LogP contribution in [0.2, 0.25) is 0 Å². The van der Waals surface area contributed by atoms with Crippen molar-refractivity contribution in [3.05, 3.63) is 95.3 Å². The molecule has 3 aromatic rings. The number of hydrogen-bond acceptors (Lipinski definition) is 6. The number of aliphatic hydroxyl groups excluding tert-OH is 1. The highest BCUT2D eigenvalue weighted by molar-refractivity contribution is 6.76. The zero-order valence-electron chi connectivity index (χ0n) is 20.9. The Hall–Kier alpha value is -2.23. The van der Waals surface area contributed by atoms with Crippen molar-refractivity contribution in [3.8, 4) is 0 Å². The molecule has 0 spiro atoms.